The number of carbonyl (C=O) groups excluding carboxylic acids is 1. The molecule has 1 aliphatic heterocycles. The second kappa shape index (κ2) is 8.59. The van der Waals surface area contributed by atoms with Gasteiger partial charge in [-0.25, -0.2) is 4.98 Å². The first-order chi connectivity index (χ1) is 14.1. The zero-order chi connectivity index (χ0) is 20.2. The quantitative estimate of drug-likeness (QED) is 0.700. The number of nitrogens with zero attached hydrogens (tertiary/aromatic N) is 4. The second-order valence-corrected chi connectivity index (χ2v) is 7.73. The third-order valence-corrected chi connectivity index (χ3v) is 5.32. The summed E-state index contributed by atoms with van der Waals surface area (Å²) in [5, 5.41) is 7.92. The highest BCUT2D eigenvalue weighted by atomic mass is 16.5. The van der Waals surface area contributed by atoms with Crippen molar-refractivity contribution in [2.75, 3.05) is 23.3 Å². The topological polar surface area (TPSA) is 84.2 Å². The normalized spacial score (nSPS) is 14.8. The van der Waals surface area contributed by atoms with Crippen LogP contribution in [0.5, 0.6) is 0 Å². The smallest absolute Gasteiger partial charge is 0.263 e. The van der Waals surface area contributed by atoms with E-state index in [0.717, 1.165) is 54.1 Å². The molecule has 2 aromatic heterocycles. The van der Waals surface area contributed by atoms with Crippen LogP contribution >= 0.6 is 0 Å². The number of fused-ring (bicyclic) bond motifs is 1. The summed E-state index contributed by atoms with van der Waals surface area (Å²) < 4.78 is 5.44. The molecule has 3 heterocycles. The van der Waals surface area contributed by atoms with Crippen molar-refractivity contribution in [3.8, 4) is 0 Å². The van der Waals surface area contributed by atoms with E-state index in [0.29, 0.717) is 24.4 Å². The highest BCUT2D eigenvalue weighted by Gasteiger charge is 2.21. The summed E-state index contributed by atoms with van der Waals surface area (Å²) in [6.07, 6.45) is 5.58. The minimum atomic E-state index is -0.0515. The molecule has 1 amide bonds. The van der Waals surface area contributed by atoms with Gasteiger partial charge in [0.1, 0.15) is 17.0 Å². The van der Waals surface area contributed by atoms with Crippen molar-refractivity contribution in [2.24, 2.45) is 0 Å². The Bertz CT molecular complexity index is 1010. The Morgan fingerprint density at radius 2 is 1.93 bits per heavy atom. The van der Waals surface area contributed by atoms with Crippen LogP contribution in [0.2, 0.25) is 0 Å². The van der Waals surface area contributed by atoms with Crippen molar-refractivity contribution in [1.82, 2.24) is 15.1 Å². The highest BCUT2D eigenvalue weighted by molar-refractivity contribution is 5.91. The molecule has 0 saturated carbocycles. The standard InChI is InChI=1S/C22H27N5O2/c1-15-8-7-9-17(14-15)23-19(28)11-10-18-24-21(27-12-5-3-4-6-13-27)20-16(2)26-29-22(20)25-18/h7-9,14H,3-6,10-13H2,1-2H3,(H,23,28). The number of rotatable bonds is 5. The molecule has 1 aromatic carbocycles. The van der Waals surface area contributed by atoms with Crippen molar-refractivity contribution in [3.05, 3.63) is 41.3 Å². The van der Waals surface area contributed by atoms with Gasteiger partial charge in [0.25, 0.3) is 5.71 Å². The number of hydrogen-bond donors (Lipinski definition) is 1. The Morgan fingerprint density at radius 3 is 2.69 bits per heavy atom. The fourth-order valence-electron chi connectivity index (χ4n) is 3.81. The molecule has 29 heavy (non-hydrogen) atoms. The molecule has 0 spiro atoms. The van der Waals surface area contributed by atoms with Crippen LogP contribution < -0.4 is 10.2 Å². The number of amides is 1. The minimum absolute atomic E-state index is 0.0515. The summed E-state index contributed by atoms with van der Waals surface area (Å²) in [6, 6.07) is 7.78. The number of hydrogen-bond acceptors (Lipinski definition) is 6. The van der Waals surface area contributed by atoms with Crippen molar-refractivity contribution in [3.63, 3.8) is 0 Å². The Kier molecular flexibility index (Phi) is 5.74. The van der Waals surface area contributed by atoms with Crippen LogP contribution in [0.3, 0.4) is 0 Å². The number of carbonyl (C=O) groups is 1. The maximum atomic E-state index is 12.4. The van der Waals surface area contributed by atoms with Crippen LogP contribution in [0.15, 0.2) is 28.8 Å². The van der Waals surface area contributed by atoms with E-state index in [4.69, 9.17) is 9.51 Å². The third kappa shape index (κ3) is 4.55. The Labute approximate surface area is 170 Å². The summed E-state index contributed by atoms with van der Waals surface area (Å²) in [7, 11) is 0. The SMILES string of the molecule is Cc1cccc(NC(=O)CCc2nc(N3CCCCCC3)c3c(C)noc3n2)c1. The molecule has 0 aliphatic carbocycles. The van der Waals surface area contributed by atoms with E-state index in [1.165, 1.54) is 12.8 Å². The Morgan fingerprint density at radius 1 is 1.14 bits per heavy atom. The summed E-state index contributed by atoms with van der Waals surface area (Å²) >= 11 is 0. The number of benzene rings is 1. The van der Waals surface area contributed by atoms with Gasteiger partial charge in [0.05, 0.1) is 5.69 Å². The predicted octanol–water partition coefficient (Wildman–Crippen LogP) is 4.19. The van der Waals surface area contributed by atoms with Crippen molar-refractivity contribution >= 4 is 28.5 Å². The zero-order valence-corrected chi connectivity index (χ0v) is 17.1. The highest BCUT2D eigenvalue weighted by Crippen LogP contribution is 2.29. The van der Waals surface area contributed by atoms with E-state index < -0.39 is 0 Å². The molecule has 3 aromatic rings. The minimum Gasteiger partial charge on any atom is -0.356 e. The lowest BCUT2D eigenvalue weighted by Gasteiger charge is -2.22. The summed E-state index contributed by atoms with van der Waals surface area (Å²) in [5.41, 5.74) is 3.23. The second-order valence-electron chi connectivity index (χ2n) is 7.73. The van der Waals surface area contributed by atoms with Gasteiger partial charge in [0.15, 0.2) is 0 Å². The molecule has 7 nitrogen and oxygen atoms in total. The van der Waals surface area contributed by atoms with E-state index in [1.54, 1.807) is 0 Å². The lowest BCUT2D eigenvalue weighted by Crippen LogP contribution is -2.26. The van der Waals surface area contributed by atoms with Gasteiger partial charge in [0, 0.05) is 31.6 Å². The summed E-state index contributed by atoms with van der Waals surface area (Å²) in [6.45, 7) is 5.88. The fraction of sp³-hybridized carbons (Fsp3) is 0.455. The van der Waals surface area contributed by atoms with E-state index in [2.05, 4.69) is 20.4 Å². The average Bonchev–Trinajstić information content (AvgIpc) is 2.91. The van der Waals surface area contributed by atoms with Gasteiger partial charge in [-0.3, -0.25) is 4.79 Å². The number of nitrogens with one attached hydrogen (secondary N) is 1. The van der Waals surface area contributed by atoms with E-state index in [1.807, 2.05) is 38.1 Å². The zero-order valence-electron chi connectivity index (χ0n) is 17.1. The number of aromatic nitrogens is 3. The van der Waals surface area contributed by atoms with Gasteiger partial charge in [-0.05, 0) is 44.4 Å². The van der Waals surface area contributed by atoms with Crippen molar-refractivity contribution < 1.29 is 9.32 Å². The molecular weight excluding hydrogens is 366 g/mol. The van der Waals surface area contributed by atoms with Gasteiger partial charge in [0.2, 0.25) is 5.91 Å². The van der Waals surface area contributed by atoms with Crippen LogP contribution in [0.1, 0.15) is 49.2 Å². The predicted molar refractivity (Wildman–Crippen MR) is 113 cm³/mol. The molecule has 1 N–H and O–H groups in total. The lowest BCUT2D eigenvalue weighted by atomic mass is 10.2. The number of anilines is 2. The lowest BCUT2D eigenvalue weighted by molar-refractivity contribution is -0.116. The third-order valence-electron chi connectivity index (χ3n) is 5.32. The molecular formula is C22H27N5O2. The molecule has 1 aliphatic rings. The van der Waals surface area contributed by atoms with E-state index in [9.17, 15) is 4.79 Å². The van der Waals surface area contributed by atoms with E-state index >= 15 is 0 Å². The van der Waals surface area contributed by atoms with Gasteiger partial charge >= 0.3 is 0 Å². The molecule has 0 atom stereocenters. The van der Waals surface area contributed by atoms with Crippen LogP contribution in [0, 0.1) is 13.8 Å². The maximum absolute atomic E-state index is 12.4. The van der Waals surface area contributed by atoms with Crippen molar-refractivity contribution in [1.29, 1.82) is 0 Å². The summed E-state index contributed by atoms with van der Waals surface area (Å²) in [5.74, 6) is 1.46. The maximum Gasteiger partial charge on any atom is 0.263 e. The Balaban J connectivity index is 1.52. The largest absolute Gasteiger partial charge is 0.356 e. The molecule has 0 radical (unpaired) electrons. The number of aryl methyl sites for hydroxylation is 3. The molecule has 7 heteroatoms. The van der Waals surface area contributed by atoms with Gasteiger partial charge < -0.3 is 14.7 Å². The first kappa shape index (κ1) is 19.4. The molecule has 1 fully saturated rings. The van der Waals surface area contributed by atoms with Gasteiger partial charge in [-0.1, -0.05) is 30.1 Å². The van der Waals surface area contributed by atoms with Gasteiger partial charge in [-0.15, -0.1) is 0 Å². The molecule has 0 unspecified atom stereocenters. The first-order valence-corrected chi connectivity index (χ1v) is 10.3. The van der Waals surface area contributed by atoms with E-state index in [-0.39, 0.29) is 5.91 Å². The fourth-order valence-corrected chi connectivity index (χ4v) is 3.81. The Hall–Kier alpha value is -2.96. The van der Waals surface area contributed by atoms with Crippen LogP contribution in [0.25, 0.3) is 11.1 Å². The monoisotopic (exact) mass is 393 g/mol. The van der Waals surface area contributed by atoms with Crippen molar-refractivity contribution in [2.45, 2.75) is 52.4 Å². The molecule has 152 valence electrons. The van der Waals surface area contributed by atoms with Crippen LogP contribution in [-0.2, 0) is 11.2 Å². The van der Waals surface area contributed by atoms with Crippen LogP contribution in [-0.4, -0.2) is 34.1 Å². The summed E-state index contributed by atoms with van der Waals surface area (Å²) in [4.78, 5) is 24.0. The molecule has 0 bridgehead atoms. The first-order valence-electron chi connectivity index (χ1n) is 10.3. The van der Waals surface area contributed by atoms with Crippen LogP contribution in [0.4, 0.5) is 11.5 Å². The van der Waals surface area contributed by atoms with Gasteiger partial charge in [-0.2, -0.15) is 4.98 Å². The molecule has 4 rings (SSSR count). The average molecular weight is 393 g/mol. The molecule has 1 saturated heterocycles.